The monoisotopic (exact) mass is 213 g/mol. The first-order valence-corrected chi connectivity index (χ1v) is 4.64. The zero-order valence-electron chi connectivity index (χ0n) is 8.30. The lowest BCUT2D eigenvalue weighted by Gasteiger charge is -2.07. The second-order valence-corrected chi connectivity index (χ2v) is 2.89. The molecule has 0 amide bonds. The van der Waals surface area contributed by atoms with E-state index in [0.29, 0.717) is 13.1 Å². The van der Waals surface area contributed by atoms with Crippen molar-refractivity contribution >= 4 is 0 Å². The number of nitrogens with one attached hydrogen (secondary N) is 1. The zero-order chi connectivity index (χ0) is 11.1. The zero-order valence-corrected chi connectivity index (χ0v) is 8.30. The summed E-state index contributed by atoms with van der Waals surface area (Å²) in [6, 6.07) is 3.86. The van der Waals surface area contributed by atoms with Crippen LogP contribution in [0.5, 0.6) is 5.75 Å². The fourth-order valence-corrected chi connectivity index (χ4v) is 1.03. The highest BCUT2D eigenvalue weighted by molar-refractivity contribution is 5.24. The molecule has 0 saturated carbocycles. The van der Waals surface area contributed by atoms with Gasteiger partial charge in [-0.15, -0.1) is 6.58 Å². The molecule has 1 rings (SSSR count). The Labute approximate surface area is 87.6 Å². The lowest BCUT2D eigenvalue weighted by atomic mass is 10.3. The molecule has 0 aliphatic rings. The van der Waals surface area contributed by atoms with Gasteiger partial charge in [-0.05, 0) is 12.1 Å². The van der Waals surface area contributed by atoms with Crippen LogP contribution >= 0.6 is 0 Å². The first-order chi connectivity index (χ1) is 7.25. The van der Waals surface area contributed by atoms with Gasteiger partial charge in [-0.25, -0.2) is 4.39 Å². The predicted molar refractivity (Wildman–Crippen MR) is 54.9 cm³/mol. The fourth-order valence-electron chi connectivity index (χ4n) is 1.03. The van der Waals surface area contributed by atoms with Crippen molar-refractivity contribution in [1.29, 1.82) is 0 Å². The lowest BCUT2D eigenvalue weighted by Crippen LogP contribution is -2.21. The number of hydrogen-bond donors (Lipinski definition) is 1. The first-order valence-electron chi connectivity index (χ1n) is 4.64. The molecule has 4 heteroatoms. The van der Waals surface area contributed by atoms with Gasteiger partial charge in [-0.1, -0.05) is 12.1 Å². The SMILES string of the molecule is C=CCNCCOc1cccc(F)c1F. The second kappa shape index (κ2) is 6.14. The normalized spacial score (nSPS) is 10.0. The van der Waals surface area contributed by atoms with Crippen molar-refractivity contribution in [3.05, 3.63) is 42.5 Å². The van der Waals surface area contributed by atoms with Crippen molar-refractivity contribution in [1.82, 2.24) is 5.32 Å². The average Bonchev–Trinajstić information content (AvgIpc) is 2.24. The molecule has 0 radical (unpaired) electrons. The topological polar surface area (TPSA) is 21.3 Å². The third-order valence-electron chi connectivity index (χ3n) is 1.74. The maximum absolute atomic E-state index is 13.0. The van der Waals surface area contributed by atoms with E-state index in [2.05, 4.69) is 11.9 Å². The molecule has 0 unspecified atom stereocenters. The molecule has 0 aliphatic heterocycles. The van der Waals surface area contributed by atoms with Gasteiger partial charge in [0.25, 0.3) is 0 Å². The van der Waals surface area contributed by atoms with Gasteiger partial charge in [0, 0.05) is 13.1 Å². The molecule has 0 atom stereocenters. The van der Waals surface area contributed by atoms with Gasteiger partial charge in [-0.3, -0.25) is 0 Å². The highest BCUT2D eigenvalue weighted by Crippen LogP contribution is 2.18. The number of ether oxygens (including phenoxy) is 1. The minimum Gasteiger partial charge on any atom is -0.489 e. The van der Waals surface area contributed by atoms with Crippen LogP contribution in [0.4, 0.5) is 8.78 Å². The maximum Gasteiger partial charge on any atom is 0.200 e. The van der Waals surface area contributed by atoms with Crippen LogP contribution in [0, 0.1) is 11.6 Å². The summed E-state index contributed by atoms with van der Waals surface area (Å²) in [6.07, 6.45) is 1.71. The Bertz CT molecular complexity index is 328. The molecule has 1 aromatic rings. The number of rotatable bonds is 6. The maximum atomic E-state index is 13.0. The Balaban J connectivity index is 2.37. The average molecular weight is 213 g/mol. The van der Waals surface area contributed by atoms with Crippen molar-refractivity contribution in [2.45, 2.75) is 0 Å². The molecule has 82 valence electrons. The molecule has 15 heavy (non-hydrogen) atoms. The quantitative estimate of drug-likeness (QED) is 0.577. The molecule has 0 aliphatic carbocycles. The first kappa shape index (κ1) is 11.7. The molecule has 2 nitrogen and oxygen atoms in total. The summed E-state index contributed by atoms with van der Waals surface area (Å²) in [7, 11) is 0. The molecule has 0 aromatic heterocycles. The summed E-state index contributed by atoms with van der Waals surface area (Å²) in [4.78, 5) is 0. The largest absolute Gasteiger partial charge is 0.489 e. The summed E-state index contributed by atoms with van der Waals surface area (Å²) in [5, 5.41) is 2.98. The Hall–Kier alpha value is -1.42. The summed E-state index contributed by atoms with van der Waals surface area (Å²) in [6.45, 7) is 5.03. The van der Waals surface area contributed by atoms with E-state index in [1.807, 2.05) is 0 Å². The van der Waals surface area contributed by atoms with E-state index in [0.717, 1.165) is 6.07 Å². The van der Waals surface area contributed by atoms with Crippen LogP contribution < -0.4 is 10.1 Å². The molecule has 0 saturated heterocycles. The Kier molecular flexibility index (Phi) is 4.77. The van der Waals surface area contributed by atoms with E-state index in [9.17, 15) is 8.78 Å². The Morgan fingerprint density at radius 2 is 2.20 bits per heavy atom. The van der Waals surface area contributed by atoms with Crippen LogP contribution in [-0.4, -0.2) is 19.7 Å². The predicted octanol–water partition coefficient (Wildman–Crippen LogP) is 2.12. The van der Waals surface area contributed by atoms with Crippen molar-refractivity contribution in [2.75, 3.05) is 19.7 Å². The van der Waals surface area contributed by atoms with E-state index in [4.69, 9.17) is 4.74 Å². The summed E-state index contributed by atoms with van der Waals surface area (Å²) >= 11 is 0. The standard InChI is InChI=1S/C11H13F2NO/c1-2-6-14-7-8-15-10-5-3-4-9(12)11(10)13/h2-5,14H,1,6-8H2. The minimum atomic E-state index is -0.943. The van der Waals surface area contributed by atoms with Crippen molar-refractivity contribution in [3.63, 3.8) is 0 Å². The van der Waals surface area contributed by atoms with Crippen LogP contribution in [-0.2, 0) is 0 Å². The Morgan fingerprint density at radius 1 is 1.40 bits per heavy atom. The van der Waals surface area contributed by atoms with E-state index in [-0.39, 0.29) is 12.4 Å². The van der Waals surface area contributed by atoms with Crippen molar-refractivity contribution < 1.29 is 13.5 Å². The van der Waals surface area contributed by atoms with Crippen LogP contribution in [0.1, 0.15) is 0 Å². The van der Waals surface area contributed by atoms with Crippen LogP contribution in [0.15, 0.2) is 30.9 Å². The fraction of sp³-hybridized carbons (Fsp3) is 0.273. The van der Waals surface area contributed by atoms with Gasteiger partial charge in [0.05, 0.1) is 0 Å². The van der Waals surface area contributed by atoms with Gasteiger partial charge in [0.1, 0.15) is 6.61 Å². The molecular formula is C11H13F2NO. The smallest absolute Gasteiger partial charge is 0.200 e. The van der Waals surface area contributed by atoms with Gasteiger partial charge >= 0.3 is 0 Å². The Morgan fingerprint density at radius 3 is 2.93 bits per heavy atom. The minimum absolute atomic E-state index is 0.0598. The highest BCUT2D eigenvalue weighted by Gasteiger charge is 2.07. The molecule has 0 spiro atoms. The summed E-state index contributed by atoms with van der Waals surface area (Å²) in [5.41, 5.74) is 0. The highest BCUT2D eigenvalue weighted by atomic mass is 19.2. The molecule has 0 fully saturated rings. The molecule has 0 heterocycles. The molecular weight excluding hydrogens is 200 g/mol. The van der Waals surface area contributed by atoms with Gasteiger partial charge in [-0.2, -0.15) is 4.39 Å². The van der Waals surface area contributed by atoms with E-state index in [1.54, 1.807) is 6.08 Å². The van der Waals surface area contributed by atoms with E-state index in [1.165, 1.54) is 12.1 Å². The van der Waals surface area contributed by atoms with E-state index < -0.39 is 11.6 Å². The van der Waals surface area contributed by atoms with Gasteiger partial charge in [0.2, 0.25) is 5.82 Å². The summed E-state index contributed by atoms with van der Waals surface area (Å²) < 4.78 is 30.8. The number of halogens is 2. The third-order valence-corrected chi connectivity index (χ3v) is 1.74. The van der Waals surface area contributed by atoms with Gasteiger partial charge in [0.15, 0.2) is 11.6 Å². The summed E-state index contributed by atoms with van der Waals surface area (Å²) in [5.74, 6) is -1.90. The number of hydrogen-bond acceptors (Lipinski definition) is 2. The van der Waals surface area contributed by atoms with Crippen LogP contribution in [0.3, 0.4) is 0 Å². The van der Waals surface area contributed by atoms with E-state index >= 15 is 0 Å². The lowest BCUT2D eigenvalue weighted by molar-refractivity contribution is 0.295. The third kappa shape index (κ3) is 3.67. The van der Waals surface area contributed by atoms with Crippen LogP contribution in [0.25, 0.3) is 0 Å². The van der Waals surface area contributed by atoms with Crippen molar-refractivity contribution in [3.8, 4) is 5.75 Å². The number of benzene rings is 1. The second-order valence-electron chi connectivity index (χ2n) is 2.89. The molecule has 0 bridgehead atoms. The molecule has 1 N–H and O–H groups in total. The van der Waals surface area contributed by atoms with Crippen LogP contribution in [0.2, 0.25) is 0 Å². The van der Waals surface area contributed by atoms with Gasteiger partial charge < -0.3 is 10.1 Å². The van der Waals surface area contributed by atoms with Crippen molar-refractivity contribution in [2.24, 2.45) is 0 Å². The molecule has 1 aromatic carbocycles.